The van der Waals surface area contributed by atoms with Crippen molar-refractivity contribution in [3.8, 4) is 0 Å². The van der Waals surface area contributed by atoms with E-state index in [4.69, 9.17) is 17.0 Å². The molecular formula is C17H31N4OS+. The lowest BCUT2D eigenvalue weighted by atomic mass is 9.70. The highest BCUT2D eigenvalue weighted by Gasteiger charge is 2.30. The van der Waals surface area contributed by atoms with E-state index in [1.54, 1.807) is 4.90 Å². The first-order valence-corrected chi connectivity index (χ1v) is 9.72. The van der Waals surface area contributed by atoms with E-state index >= 15 is 0 Å². The van der Waals surface area contributed by atoms with E-state index < -0.39 is 0 Å². The standard InChI is InChI=1S/C17H30N4OS/c23-17(18-7-8-21-9-11-22-12-10-21)20-19-16-6-5-14-3-1-2-4-15(14)13-16/h14-15H,1-13H2,(H2,18,20,23)/p+1/b19-16-/t14-,15-/m1/s1. The second-order valence-electron chi connectivity index (χ2n) is 7.21. The summed E-state index contributed by atoms with van der Waals surface area (Å²) in [4.78, 5) is 1.59. The molecule has 1 saturated heterocycles. The monoisotopic (exact) mass is 339 g/mol. The number of hydrazone groups is 1. The molecule has 2 saturated carbocycles. The van der Waals surface area contributed by atoms with Crippen molar-refractivity contribution in [3.05, 3.63) is 0 Å². The topological polar surface area (TPSA) is 50.1 Å². The van der Waals surface area contributed by atoms with Gasteiger partial charge >= 0.3 is 0 Å². The van der Waals surface area contributed by atoms with E-state index in [0.717, 1.165) is 57.6 Å². The molecule has 0 bridgehead atoms. The van der Waals surface area contributed by atoms with Gasteiger partial charge in [-0.3, -0.25) is 5.43 Å². The van der Waals surface area contributed by atoms with Crippen molar-refractivity contribution in [2.75, 3.05) is 39.4 Å². The van der Waals surface area contributed by atoms with E-state index in [1.807, 2.05) is 0 Å². The molecule has 0 aromatic carbocycles. The van der Waals surface area contributed by atoms with E-state index in [2.05, 4.69) is 15.8 Å². The van der Waals surface area contributed by atoms with Crippen molar-refractivity contribution in [1.82, 2.24) is 10.7 Å². The fourth-order valence-electron chi connectivity index (χ4n) is 4.22. The molecule has 0 unspecified atom stereocenters. The van der Waals surface area contributed by atoms with E-state index in [0.29, 0.717) is 5.11 Å². The number of fused-ring (bicyclic) bond motifs is 1. The number of hydrogen-bond acceptors (Lipinski definition) is 3. The maximum atomic E-state index is 5.37. The van der Waals surface area contributed by atoms with Crippen molar-refractivity contribution in [3.63, 3.8) is 0 Å². The highest BCUT2D eigenvalue weighted by molar-refractivity contribution is 7.80. The van der Waals surface area contributed by atoms with E-state index in [-0.39, 0.29) is 0 Å². The number of rotatable bonds is 4. The Morgan fingerprint density at radius 2 is 1.96 bits per heavy atom. The number of morpholine rings is 1. The first-order chi connectivity index (χ1) is 11.3. The van der Waals surface area contributed by atoms with Crippen LogP contribution in [0.5, 0.6) is 0 Å². The quantitative estimate of drug-likeness (QED) is 0.522. The van der Waals surface area contributed by atoms with Gasteiger partial charge in [-0.25, -0.2) is 0 Å². The Balaban J connectivity index is 1.33. The molecule has 23 heavy (non-hydrogen) atoms. The summed E-state index contributed by atoms with van der Waals surface area (Å²) in [5.74, 6) is 1.84. The van der Waals surface area contributed by atoms with Crippen LogP contribution in [0.1, 0.15) is 44.9 Å². The number of nitrogens with zero attached hydrogens (tertiary/aromatic N) is 1. The number of thiocarbonyl (C=S) groups is 1. The average molecular weight is 340 g/mol. The summed E-state index contributed by atoms with van der Waals surface area (Å²) in [6.45, 7) is 5.96. The van der Waals surface area contributed by atoms with Crippen molar-refractivity contribution in [2.24, 2.45) is 16.9 Å². The lowest BCUT2D eigenvalue weighted by Gasteiger charge is -2.35. The first kappa shape index (κ1) is 17.1. The van der Waals surface area contributed by atoms with Crippen LogP contribution in [-0.2, 0) is 4.74 Å². The van der Waals surface area contributed by atoms with Crippen molar-refractivity contribution in [1.29, 1.82) is 0 Å². The van der Waals surface area contributed by atoms with Crippen LogP contribution >= 0.6 is 12.2 Å². The zero-order valence-electron chi connectivity index (χ0n) is 14.1. The molecule has 130 valence electrons. The Bertz CT molecular complexity index is 423. The molecule has 5 nitrogen and oxygen atoms in total. The maximum absolute atomic E-state index is 5.37. The predicted molar refractivity (Wildman–Crippen MR) is 96.9 cm³/mol. The van der Waals surface area contributed by atoms with Crippen molar-refractivity contribution >= 4 is 23.0 Å². The summed E-state index contributed by atoms with van der Waals surface area (Å²) in [6, 6.07) is 0. The van der Waals surface area contributed by atoms with Crippen LogP contribution in [0.15, 0.2) is 5.10 Å². The maximum Gasteiger partial charge on any atom is 0.187 e. The highest BCUT2D eigenvalue weighted by atomic mass is 32.1. The van der Waals surface area contributed by atoms with Crippen LogP contribution in [0.25, 0.3) is 0 Å². The number of ether oxygens (including phenoxy) is 1. The molecule has 3 fully saturated rings. The SMILES string of the molecule is S=C(NCC[NH+]1CCOCC1)N/N=C1/CC[C@H]2CCCC[C@@H]2C1. The van der Waals surface area contributed by atoms with Gasteiger partial charge in [0.05, 0.1) is 26.3 Å². The fraction of sp³-hybridized carbons (Fsp3) is 0.882. The number of nitrogens with one attached hydrogen (secondary N) is 3. The molecule has 3 aliphatic rings. The molecule has 3 N–H and O–H groups in total. The third kappa shape index (κ3) is 5.40. The summed E-state index contributed by atoms with van der Waals surface area (Å²) in [6.07, 6.45) is 9.33. The van der Waals surface area contributed by atoms with Gasteiger partial charge in [-0.05, 0) is 49.7 Å². The zero-order valence-corrected chi connectivity index (χ0v) is 14.9. The Morgan fingerprint density at radius 3 is 2.78 bits per heavy atom. The highest BCUT2D eigenvalue weighted by Crippen LogP contribution is 2.39. The molecule has 0 radical (unpaired) electrons. The molecule has 0 aromatic heterocycles. The van der Waals surface area contributed by atoms with Gasteiger partial charge in [0.2, 0.25) is 0 Å². The Hall–Kier alpha value is -0.720. The number of quaternary nitrogens is 1. The molecule has 3 rings (SSSR count). The molecule has 0 aromatic rings. The van der Waals surface area contributed by atoms with Crippen LogP contribution in [-0.4, -0.2) is 50.2 Å². The Morgan fingerprint density at radius 1 is 1.17 bits per heavy atom. The molecule has 2 aliphatic carbocycles. The lowest BCUT2D eigenvalue weighted by Crippen LogP contribution is -3.14. The van der Waals surface area contributed by atoms with Crippen molar-refractivity contribution in [2.45, 2.75) is 44.9 Å². The third-order valence-electron chi connectivity index (χ3n) is 5.65. The Labute approximate surface area is 145 Å². The fourth-order valence-corrected chi connectivity index (χ4v) is 4.37. The van der Waals surface area contributed by atoms with Crippen LogP contribution in [0, 0.1) is 11.8 Å². The smallest absolute Gasteiger partial charge is 0.187 e. The van der Waals surface area contributed by atoms with Gasteiger partial charge in [-0.2, -0.15) is 5.10 Å². The molecule has 0 amide bonds. The van der Waals surface area contributed by atoms with Crippen LogP contribution in [0.4, 0.5) is 0 Å². The van der Waals surface area contributed by atoms with E-state index in [9.17, 15) is 0 Å². The van der Waals surface area contributed by atoms with Gasteiger partial charge in [0.1, 0.15) is 13.1 Å². The average Bonchev–Trinajstić information content (AvgIpc) is 2.61. The van der Waals surface area contributed by atoms with E-state index in [1.165, 1.54) is 44.2 Å². The molecule has 6 heteroatoms. The second-order valence-corrected chi connectivity index (χ2v) is 7.61. The predicted octanol–water partition coefficient (Wildman–Crippen LogP) is 0.712. The molecule has 1 aliphatic heterocycles. The molecule has 0 spiro atoms. The lowest BCUT2D eigenvalue weighted by molar-refractivity contribution is -0.906. The number of hydrogen-bond donors (Lipinski definition) is 3. The van der Waals surface area contributed by atoms with Gasteiger partial charge in [0.15, 0.2) is 5.11 Å². The summed E-state index contributed by atoms with van der Waals surface area (Å²) >= 11 is 5.34. The van der Waals surface area contributed by atoms with Gasteiger partial charge in [0.25, 0.3) is 0 Å². The summed E-state index contributed by atoms with van der Waals surface area (Å²) < 4.78 is 5.37. The van der Waals surface area contributed by atoms with Gasteiger partial charge in [-0.15, -0.1) is 0 Å². The van der Waals surface area contributed by atoms with Crippen molar-refractivity contribution < 1.29 is 9.64 Å². The summed E-state index contributed by atoms with van der Waals surface area (Å²) in [5.41, 5.74) is 4.38. The van der Waals surface area contributed by atoms with Gasteiger partial charge < -0.3 is 15.0 Å². The van der Waals surface area contributed by atoms with Gasteiger partial charge in [0, 0.05) is 5.71 Å². The largest absolute Gasteiger partial charge is 0.370 e. The van der Waals surface area contributed by atoms with Crippen LogP contribution < -0.4 is 15.6 Å². The Kier molecular flexibility index (Phi) is 6.66. The summed E-state index contributed by atoms with van der Waals surface area (Å²) in [5, 5.41) is 8.52. The molecule has 1 heterocycles. The normalized spacial score (nSPS) is 30.7. The molecular weight excluding hydrogens is 308 g/mol. The van der Waals surface area contributed by atoms with Gasteiger partial charge in [-0.1, -0.05) is 19.3 Å². The minimum absolute atomic E-state index is 0.663. The minimum atomic E-state index is 0.663. The van der Waals surface area contributed by atoms with Crippen LogP contribution in [0.2, 0.25) is 0 Å². The zero-order chi connectivity index (χ0) is 15.9. The van der Waals surface area contributed by atoms with Crippen LogP contribution in [0.3, 0.4) is 0 Å². The first-order valence-electron chi connectivity index (χ1n) is 9.32. The minimum Gasteiger partial charge on any atom is -0.370 e. The summed E-state index contributed by atoms with van der Waals surface area (Å²) in [7, 11) is 0. The third-order valence-corrected chi connectivity index (χ3v) is 5.88. The second kappa shape index (κ2) is 8.94. The molecule has 2 atom stereocenters.